The number of fused-ring (bicyclic) bond motifs is 4. The maximum atomic E-state index is 11.8. The van der Waals surface area contributed by atoms with Gasteiger partial charge in [0.2, 0.25) is 0 Å². The molecule has 2 saturated carbocycles. The third-order valence-corrected chi connectivity index (χ3v) is 6.96. The van der Waals surface area contributed by atoms with Gasteiger partial charge in [0, 0.05) is 12.8 Å². The first-order chi connectivity index (χ1) is 10.1. The van der Waals surface area contributed by atoms with E-state index in [-0.39, 0.29) is 11.5 Å². The second kappa shape index (κ2) is 4.81. The van der Waals surface area contributed by atoms with Crippen molar-refractivity contribution in [3.05, 3.63) is 22.8 Å². The molecular weight excluding hydrogens is 260 g/mol. The average molecular weight is 286 g/mol. The Morgan fingerprint density at radius 2 is 2.00 bits per heavy atom. The lowest BCUT2D eigenvalue weighted by atomic mass is 9.58. The SMILES string of the molecule is C[C@]12CCC3=C4CCC(=O)CC=C4CC[C@H]3C1CC[C@@H]2O. The normalized spacial score (nSPS) is 42.9. The van der Waals surface area contributed by atoms with Crippen molar-refractivity contribution in [3.8, 4) is 0 Å². The molecule has 2 nitrogen and oxygen atoms in total. The van der Waals surface area contributed by atoms with Crippen LogP contribution in [0.15, 0.2) is 22.8 Å². The highest BCUT2D eigenvalue weighted by Gasteiger charge is 2.53. The van der Waals surface area contributed by atoms with Crippen molar-refractivity contribution in [2.45, 2.75) is 70.8 Å². The molecule has 1 unspecified atom stereocenters. The fourth-order valence-corrected chi connectivity index (χ4v) is 5.66. The molecule has 0 aromatic carbocycles. The smallest absolute Gasteiger partial charge is 0.137 e. The third-order valence-electron chi connectivity index (χ3n) is 6.96. The molecule has 0 heterocycles. The van der Waals surface area contributed by atoms with E-state index in [1.807, 2.05) is 0 Å². The number of hydrogen-bond donors (Lipinski definition) is 1. The number of allylic oxidation sites excluding steroid dienone is 4. The summed E-state index contributed by atoms with van der Waals surface area (Å²) in [5.41, 5.74) is 4.84. The first kappa shape index (κ1) is 13.8. The quantitative estimate of drug-likeness (QED) is 0.732. The minimum Gasteiger partial charge on any atom is -0.393 e. The molecule has 0 aromatic heterocycles. The molecule has 0 aromatic rings. The van der Waals surface area contributed by atoms with Crippen molar-refractivity contribution in [3.63, 3.8) is 0 Å². The molecule has 0 amide bonds. The fraction of sp³-hybridized carbons (Fsp3) is 0.737. The zero-order valence-corrected chi connectivity index (χ0v) is 13.0. The van der Waals surface area contributed by atoms with Crippen molar-refractivity contribution >= 4 is 5.78 Å². The minimum atomic E-state index is -0.0956. The first-order valence-electron chi connectivity index (χ1n) is 8.70. The summed E-state index contributed by atoms with van der Waals surface area (Å²) in [5.74, 6) is 1.75. The number of ketones is 1. The zero-order valence-electron chi connectivity index (χ0n) is 13.0. The lowest BCUT2D eigenvalue weighted by molar-refractivity contribution is -0.118. The fourth-order valence-electron chi connectivity index (χ4n) is 5.66. The van der Waals surface area contributed by atoms with Gasteiger partial charge >= 0.3 is 0 Å². The highest BCUT2D eigenvalue weighted by Crippen LogP contribution is 2.59. The molecule has 21 heavy (non-hydrogen) atoms. The van der Waals surface area contributed by atoms with E-state index in [2.05, 4.69) is 13.0 Å². The summed E-state index contributed by atoms with van der Waals surface area (Å²) in [4.78, 5) is 11.8. The van der Waals surface area contributed by atoms with Gasteiger partial charge in [-0.1, -0.05) is 18.6 Å². The first-order valence-corrected chi connectivity index (χ1v) is 8.70. The zero-order chi connectivity index (χ0) is 14.6. The van der Waals surface area contributed by atoms with Crippen LogP contribution in [-0.2, 0) is 4.79 Å². The monoisotopic (exact) mass is 286 g/mol. The Morgan fingerprint density at radius 3 is 2.86 bits per heavy atom. The largest absolute Gasteiger partial charge is 0.393 e. The molecule has 0 bridgehead atoms. The summed E-state index contributed by atoms with van der Waals surface area (Å²) < 4.78 is 0. The molecule has 1 N–H and O–H groups in total. The molecule has 4 atom stereocenters. The maximum absolute atomic E-state index is 11.8. The average Bonchev–Trinajstić information content (AvgIpc) is 2.66. The van der Waals surface area contributed by atoms with E-state index in [0.717, 1.165) is 38.5 Å². The molecule has 0 saturated heterocycles. The van der Waals surface area contributed by atoms with Gasteiger partial charge in [-0.15, -0.1) is 0 Å². The van der Waals surface area contributed by atoms with Crippen molar-refractivity contribution in [2.24, 2.45) is 17.3 Å². The highest BCUT2D eigenvalue weighted by atomic mass is 16.3. The van der Waals surface area contributed by atoms with E-state index in [0.29, 0.717) is 24.0 Å². The van der Waals surface area contributed by atoms with Crippen LogP contribution in [0.1, 0.15) is 64.7 Å². The van der Waals surface area contributed by atoms with Gasteiger partial charge in [0.15, 0.2) is 0 Å². The van der Waals surface area contributed by atoms with E-state index < -0.39 is 0 Å². The molecule has 2 heteroatoms. The van der Waals surface area contributed by atoms with Gasteiger partial charge in [0.25, 0.3) is 0 Å². The van der Waals surface area contributed by atoms with Crippen LogP contribution < -0.4 is 0 Å². The summed E-state index contributed by atoms with van der Waals surface area (Å²) >= 11 is 0. The van der Waals surface area contributed by atoms with Gasteiger partial charge in [-0.25, -0.2) is 0 Å². The number of rotatable bonds is 0. The summed E-state index contributed by atoms with van der Waals surface area (Å²) in [6.45, 7) is 2.32. The Morgan fingerprint density at radius 1 is 1.14 bits per heavy atom. The third kappa shape index (κ3) is 1.98. The molecule has 0 spiro atoms. The van der Waals surface area contributed by atoms with Gasteiger partial charge in [-0.2, -0.15) is 0 Å². The summed E-state index contributed by atoms with van der Waals surface area (Å²) in [7, 11) is 0. The lowest BCUT2D eigenvalue weighted by Gasteiger charge is -2.47. The number of Topliss-reactive ketones (excluding diaryl/α,β-unsaturated/α-hetero) is 1. The molecule has 2 fully saturated rings. The molecule has 4 rings (SSSR count). The second-order valence-electron chi connectivity index (χ2n) is 7.83. The minimum absolute atomic E-state index is 0.0956. The van der Waals surface area contributed by atoms with Gasteiger partial charge in [0.1, 0.15) is 5.78 Å². The van der Waals surface area contributed by atoms with E-state index >= 15 is 0 Å². The van der Waals surface area contributed by atoms with Crippen LogP contribution in [0.2, 0.25) is 0 Å². The molecule has 0 aliphatic heterocycles. The van der Waals surface area contributed by atoms with Crippen molar-refractivity contribution < 1.29 is 9.90 Å². The Balaban J connectivity index is 1.72. The predicted molar refractivity (Wildman–Crippen MR) is 82.8 cm³/mol. The number of carbonyl (C=O) groups excluding carboxylic acids is 1. The summed E-state index contributed by atoms with van der Waals surface area (Å²) in [6, 6.07) is 0. The van der Waals surface area contributed by atoms with Crippen LogP contribution in [-0.4, -0.2) is 17.0 Å². The van der Waals surface area contributed by atoms with Crippen LogP contribution in [0.4, 0.5) is 0 Å². The van der Waals surface area contributed by atoms with Crippen LogP contribution in [0.3, 0.4) is 0 Å². The summed E-state index contributed by atoms with van der Waals surface area (Å²) in [5, 5.41) is 10.4. The lowest BCUT2D eigenvalue weighted by Crippen LogP contribution is -2.41. The van der Waals surface area contributed by atoms with Crippen LogP contribution in [0, 0.1) is 17.3 Å². The molecule has 4 aliphatic carbocycles. The van der Waals surface area contributed by atoms with E-state index in [1.54, 1.807) is 11.1 Å². The second-order valence-corrected chi connectivity index (χ2v) is 7.83. The number of aliphatic hydroxyl groups excluding tert-OH is 1. The molecule has 0 radical (unpaired) electrons. The summed E-state index contributed by atoms with van der Waals surface area (Å²) in [6.07, 6.45) is 11.3. The molecule has 114 valence electrons. The topological polar surface area (TPSA) is 37.3 Å². The van der Waals surface area contributed by atoms with Crippen molar-refractivity contribution in [1.82, 2.24) is 0 Å². The Labute approximate surface area is 127 Å². The highest BCUT2D eigenvalue weighted by molar-refractivity contribution is 5.81. The van der Waals surface area contributed by atoms with Gasteiger partial charge in [-0.3, -0.25) is 4.79 Å². The van der Waals surface area contributed by atoms with Crippen molar-refractivity contribution in [2.75, 3.05) is 0 Å². The van der Waals surface area contributed by atoms with Crippen LogP contribution >= 0.6 is 0 Å². The van der Waals surface area contributed by atoms with E-state index in [1.165, 1.54) is 18.4 Å². The number of carbonyl (C=O) groups is 1. The molecular formula is C19H26O2. The number of hydrogen-bond acceptors (Lipinski definition) is 2. The Kier molecular flexibility index (Phi) is 3.15. The van der Waals surface area contributed by atoms with Crippen LogP contribution in [0.25, 0.3) is 0 Å². The van der Waals surface area contributed by atoms with Crippen molar-refractivity contribution in [1.29, 1.82) is 0 Å². The van der Waals surface area contributed by atoms with E-state index in [4.69, 9.17) is 0 Å². The molecule has 4 aliphatic rings. The van der Waals surface area contributed by atoms with Gasteiger partial charge in [0.05, 0.1) is 6.10 Å². The standard InChI is InChI=1S/C19H26O2/c1-19-11-10-15-14-7-5-13(20)4-2-12(14)3-6-16(15)17(19)8-9-18(19)21/h2,16-18,21H,3-11H2,1H3/t16-,17?,18+,19+/m1/s1. The van der Waals surface area contributed by atoms with Crippen LogP contribution in [0.5, 0.6) is 0 Å². The predicted octanol–water partition coefficient (Wildman–Crippen LogP) is 3.94. The van der Waals surface area contributed by atoms with Gasteiger partial charge in [-0.05, 0) is 73.3 Å². The number of aliphatic hydroxyl groups is 1. The van der Waals surface area contributed by atoms with E-state index in [9.17, 15) is 9.90 Å². The Bertz CT molecular complexity index is 542. The maximum Gasteiger partial charge on any atom is 0.137 e. The van der Waals surface area contributed by atoms with Gasteiger partial charge < -0.3 is 5.11 Å². The Hall–Kier alpha value is -0.890.